The molecule has 0 saturated carbocycles. The third-order valence-electron chi connectivity index (χ3n) is 3.26. The summed E-state index contributed by atoms with van der Waals surface area (Å²) in [5, 5.41) is 3.30. The van der Waals surface area contributed by atoms with E-state index in [1.54, 1.807) is 0 Å². The second-order valence-electron chi connectivity index (χ2n) is 5.07. The monoisotopic (exact) mass is 263 g/mol. The summed E-state index contributed by atoms with van der Waals surface area (Å²) in [5.74, 6) is 0.403. The van der Waals surface area contributed by atoms with Crippen LogP contribution in [-0.4, -0.2) is 25.7 Å². The maximum atomic E-state index is 11.4. The number of benzene rings is 1. The van der Waals surface area contributed by atoms with Crippen molar-refractivity contribution in [1.82, 2.24) is 5.32 Å². The lowest BCUT2D eigenvalue weighted by Gasteiger charge is -2.12. The van der Waals surface area contributed by atoms with E-state index in [4.69, 9.17) is 9.47 Å². The van der Waals surface area contributed by atoms with Crippen LogP contribution in [0.25, 0.3) is 0 Å². The molecule has 0 fully saturated rings. The molecule has 2 rings (SSSR count). The Kier molecular flexibility index (Phi) is 4.43. The Hall–Kier alpha value is -1.55. The van der Waals surface area contributed by atoms with Gasteiger partial charge in [-0.15, -0.1) is 0 Å². The standard InChI is InChI=1S/C15H21NO3/c1-10(2)19-15(17)9-18-12-5-6-13-11(8-12)4-7-14(13)16-3/h5-6,8,10,14,16H,4,7,9H2,1-3H3. The van der Waals surface area contributed by atoms with Gasteiger partial charge in [0.05, 0.1) is 6.10 Å². The number of carbonyl (C=O) groups is 1. The Morgan fingerprint density at radius 2 is 2.26 bits per heavy atom. The van der Waals surface area contributed by atoms with E-state index in [9.17, 15) is 4.79 Å². The number of hydrogen-bond donors (Lipinski definition) is 1. The molecule has 0 bridgehead atoms. The summed E-state index contributed by atoms with van der Waals surface area (Å²) in [4.78, 5) is 11.4. The number of ether oxygens (including phenoxy) is 2. The van der Waals surface area contributed by atoms with Crippen molar-refractivity contribution >= 4 is 5.97 Å². The predicted molar refractivity (Wildman–Crippen MR) is 73.3 cm³/mol. The molecule has 1 aliphatic rings. The maximum Gasteiger partial charge on any atom is 0.344 e. The van der Waals surface area contributed by atoms with E-state index in [0.29, 0.717) is 6.04 Å². The number of nitrogens with one attached hydrogen (secondary N) is 1. The van der Waals surface area contributed by atoms with Crippen LogP contribution < -0.4 is 10.1 Å². The maximum absolute atomic E-state index is 11.4. The molecule has 1 aromatic carbocycles. The van der Waals surface area contributed by atoms with Gasteiger partial charge in [-0.25, -0.2) is 4.79 Å². The Morgan fingerprint density at radius 1 is 1.47 bits per heavy atom. The largest absolute Gasteiger partial charge is 0.482 e. The van der Waals surface area contributed by atoms with Crippen molar-refractivity contribution in [3.63, 3.8) is 0 Å². The average Bonchev–Trinajstić information content (AvgIpc) is 2.77. The topological polar surface area (TPSA) is 47.6 Å². The van der Waals surface area contributed by atoms with Gasteiger partial charge in [0.15, 0.2) is 6.61 Å². The molecule has 0 aromatic heterocycles. The van der Waals surface area contributed by atoms with Gasteiger partial charge in [-0.05, 0) is 57.0 Å². The summed E-state index contributed by atoms with van der Waals surface area (Å²) in [6.45, 7) is 3.61. The van der Waals surface area contributed by atoms with Crippen LogP contribution in [0.15, 0.2) is 18.2 Å². The number of aryl methyl sites for hydroxylation is 1. The zero-order valence-corrected chi connectivity index (χ0v) is 11.7. The summed E-state index contributed by atoms with van der Waals surface area (Å²) in [5.41, 5.74) is 2.63. The van der Waals surface area contributed by atoms with Crippen molar-refractivity contribution in [1.29, 1.82) is 0 Å². The van der Waals surface area contributed by atoms with Gasteiger partial charge in [0.2, 0.25) is 0 Å². The molecule has 0 heterocycles. The molecule has 1 aromatic rings. The highest BCUT2D eigenvalue weighted by molar-refractivity contribution is 5.71. The number of carbonyl (C=O) groups excluding carboxylic acids is 1. The molecule has 0 amide bonds. The van der Waals surface area contributed by atoms with Crippen LogP contribution in [0.2, 0.25) is 0 Å². The molecule has 4 nitrogen and oxygen atoms in total. The minimum atomic E-state index is -0.330. The smallest absolute Gasteiger partial charge is 0.344 e. The van der Waals surface area contributed by atoms with Crippen molar-refractivity contribution in [3.8, 4) is 5.75 Å². The van der Waals surface area contributed by atoms with Gasteiger partial charge < -0.3 is 14.8 Å². The number of esters is 1. The first-order chi connectivity index (χ1) is 9.10. The van der Waals surface area contributed by atoms with E-state index in [2.05, 4.69) is 11.4 Å². The van der Waals surface area contributed by atoms with E-state index in [0.717, 1.165) is 18.6 Å². The second kappa shape index (κ2) is 6.06. The van der Waals surface area contributed by atoms with Crippen molar-refractivity contribution in [2.45, 2.75) is 38.8 Å². The number of hydrogen-bond acceptors (Lipinski definition) is 4. The van der Waals surface area contributed by atoms with Gasteiger partial charge >= 0.3 is 5.97 Å². The highest BCUT2D eigenvalue weighted by Gasteiger charge is 2.21. The zero-order valence-electron chi connectivity index (χ0n) is 11.7. The fraction of sp³-hybridized carbons (Fsp3) is 0.533. The zero-order chi connectivity index (χ0) is 13.8. The third-order valence-corrected chi connectivity index (χ3v) is 3.26. The van der Waals surface area contributed by atoms with Gasteiger partial charge in [0.1, 0.15) is 5.75 Å². The molecule has 0 saturated heterocycles. The van der Waals surface area contributed by atoms with Crippen molar-refractivity contribution < 1.29 is 14.3 Å². The van der Waals surface area contributed by atoms with E-state index in [1.807, 2.05) is 33.0 Å². The first-order valence-corrected chi connectivity index (χ1v) is 6.72. The Balaban J connectivity index is 1.94. The lowest BCUT2D eigenvalue weighted by molar-refractivity contribution is -0.149. The molecular weight excluding hydrogens is 242 g/mol. The first kappa shape index (κ1) is 13.9. The Labute approximate surface area is 114 Å². The first-order valence-electron chi connectivity index (χ1n) is 6.72. The van der Waals surface area contributed by atoms with Gasteiger partial charge in [-0.1, -0.05) is 6.07 Å². The van der Waals surface area contributed by atoms with Gasteiger partial charge in [0.25, 0.3) is 0 Å². The molecule has 104 valence electrons. The summed E-state index contributed by atoms with van der Waals surface area (Å²) in [6.07, 6.45) is 2.06. The highest BCUT2D eigenvalue weighted by Crippen LogP contribution is 2.33. The molecule has 0 radical (unpaired) electrons. The normalized spacial score (nSPS) is 17.4. The van der Waals surface area contributed by atoms with E-state index >= 15 is 0 Å². The molecule has 1 N–H and O–H groups in total. The molecule has 0 spiro atoms. The molecule has 4 heteroatoms. The molecule has 19 heavy (non-hydrogen) atoms. The van der Waals surface area contributed by atoms with Crippen LogP contribution in [0.4, 0.5) is 0 Å². The molecule has 0 aliphatic heterocycles. The fourth-order valence-electron chi connectivity index (χ4n) is 2.42. The minimum absolute atomic E-state index is 0.0353. The molecular formula is C15H21NO3. The van der Waals surface area contributed by atoms with Crippen LogP contribution in [0.1, 0.15) is 37.4 Å². The Morgan fingerprint density at radius 3 is 2.95 bits per heavy atom. The average molecular weight is 263 g/mol. The van der Waals surface area contributed by atoms with E-state index in [1.165, 1.54) is 11.1 Å². The van der Waals surface area contributed by atoms with Gasteiger partial charge in [0, 0.05) is 6.04 Å². The van der Waals surface area contributed by atoms with Crippen LogP contribution >= 0.6 is 0 Å². The summed E-state index contributed by atoms with van der Waals surface area (Å²) < 4.78 is 10.5. The Bertz CT molecular complexity index is 457. The molecule has 1 unspecified atom stereocenters. The van der Waals surface area contributed by atoms with Crippen LogP contribution in [0.5, 0.6) is 5.75 Å². The minimum Gasteiger partial charge on any atom is -0.482 e. The number of rotatable bonds is 5. The van der Waals surface area contributed by atoms with Crippen molar-refractivity contribution in [2.75, 3.05) is 13.7 Å². The van der Waals surface area contributed by atoms with E-state index in [-0.39, 0.29) is 18.7 Å². The summed E-state index contributed by atoms with van der Waals surface area (Å²) in [7, 11) is 1.98. The molecule has 1 atom stereocenters. The second-order valence-corrected chi connectivity index (χ2v) is 5.07. The van der Waals surface area contributed by atoms with E-state index < -0.39 is 0 Å². The predicted octanol–water partition coefficient (Wildman–Crippen LogP) is 2.22. The lowest BCUT2D eigenvalue weighted by Crippen LogP contribution is -2.18. The number of fused-ring (bicyclic) bond motifs is 1. The van der Waals surface area contributed by atoms with Crippen LogP contribution in [0, 0.1) is 0 Å². The highest BCUT2D eigenvalue weighted by atomic mass is 16.6. The molecule has 1 aliphatic carbocycles. The SMILES string of the molecule is CNC1CCc2cc(OCC(=O)OC(C)C)ccc21. The van der Waals surface area contributed by atoms with Crippen molar-refractivity contribution in [3.05, 3.63) is 29.3 Å². The summed E-state index contributed by atoms with van der Waals surface area (Å²) in [6, 6.07) is 6.45. The van der Waals surface area contributed by atoms with Gasteiger partial charge in [-0.2, -0.15) is 0 Å². The lowest BCUT2D eigenvalue weighted by atomic mass is 10.1. The van der Waals surface area contributed by atoms with Gasteiger partial charge in [-0.3, -0.25) is 0 Å². The quantitative estimate of drug-likeness (QED) is 0.828. The van der Waals surface area contributed by atoms with Crippen LogP contribution in [-0.2, 0) is 16.0 Å². The fourth-order valence-corrected chi connectivity index (χ4v) is 2.42. The third kappa shape index (κ3) is 3.47. The van der Waals surface area contributed by atoms with Crippen LogP contribution in [0.3, 0.4) is 0 Å². The summed E-state index contributed by atoms with van der Waals surface area (Å²) >= 11 is 0. The van der Waals surface area contributed by atoms with Crippen molar-refractivity contribution in [2.24, 2.45) is 0 Å².